The Labute approximate surface area is 118 Å². The number of fused-ring (bicyclic) bond motifs is 2. The Bertz CT molecular complexity index is 901. The number of rotatable bonds is 1. The second-order valence-corrected chi connectivity index (χ2v) is 5.13. The molecule has 1 aliphatic carbocycles. The van der Waals surface area contributed by atoms with Crippen molar-refractivity contribution in [3.63, 3.8) is 0 Å². The van der Waals surface area contributed by atoms with Crippen LogP contribution in [0.5, 0.6) is 0 Å². The summed E-state index contributed by atoms with van der Waals surface area (Å²) in [6.07, 6.45) is 6.76. The van der Waals surface area contributed by atoms with Gasteiger partial charge in [0.05, 0.1) is 0 Å². The minimum absolute atomic E-state index is 1.27. The molecule has 0 bridgehead atoms. The summed E-state index contributed by atoms with van der Waals surface area (Å²) in [6, 6.07) is 23.5. The lowest BCUT2D eigenvalue weighted by Gasteiger charge is -2.02. The standard InChI is InChI=1S/C20H14/c1-2-8-18-13-15(12-17(18)7-1)14-19-10-5-9-16-6-3-4-11-20(16)19/h1-14H. The Balaban J connectivity index is 1.91. The van der Waals surface area contributed by atoms with E-state index < -0.39 is 0 Å². The third-order valence-corrected chi connectivity index (χ3v) is 3.79. The zero-order valence-electron chi connectivity index (χ0n) is 11.1. The highest BCUT2D eigenvalue weighted by Crippen LogP contribution is 2.21. The number of allylic oxidation sites excluding steroid dienone is 1. The molecule has 0 heteroatoms. The van der Waals surface area contributed by atoms with E-state index >= 15 is 0 Å². The lowest BCUT2D eigenvalue weighted by Crippen LogP contribution is -2.19. The first-order chi connectivity index (χ1) is 9.90. The fraction of sp³-hybridized carbons (Fsp3) is 0. The molecule has 0 N–H and O–H groups in total. The maximum absolute atomic E-state index is 2.27. The van der Waals surface area contributed by atoms with Crippen molar-refractivity contribution in [1.82, 2.24) is 0 Å². The van der Waals surface area contributed by atoms with E-state index in [1.54, 1.807) is 0 Å². The normalized spacial score (nSPS) is 12.7. The van der Waals surface area contributed by atoms with E-state index in [1.165, 1.54) is 32.3 Å². The minimum atomic E-state index is 1.27. The van der Waals surface area contributed by atoms with Crippen LogP contribution in [0.15, 0.2) is 72.3 Å². The SMILES string of the molecule is C(=C1C=c2ccccc2=C1)c1cccc2ccccc12. The summed E-state index contributed by atoms with van der Waals surface area (Å²) in [5, 5.41) is 5.20. The van der Waals surface area contributed by atoms with Crippen molar-refractivity contribution in [1.29, 1.82) is 0 Å². The summed E-state index contributed by atoms with van der Waals surface area (Å²) in [4.78, 5) is 0. The summed E-state index contributed by atoms with van der Waals surface area (Å²) < 4.78 is 0. The third-order valence-electron chi connectivity index (χ3n) is 3.79. The monoisotopic (exact) mass is 254 g/mol. The zero-order chi connectivity index (χ0) is 13.4. The molecule has 0 atom stereocenters. The average Bonchev–Trinajstić information content (AvgIpc) is 2.90. The molecular formula is C20H14. The van der Waals surface area contributed by atoms with E-state index in [0.717, 1.165) is 0 Å². The van der Waals surface area contributed by atoms with Gasteiger partial charge in [0.1, 0.15) is 0 Å². The Morgan fingerprint density at radius 1 is 0.600 bits per heavy atom. The van der Waals surface area contributed by atoms with E-state index in [-0.39, 0.29) is 0 Å². The third kappa shape index (κ3) is 1.86. The van der Waals surface area contributed by atoms with Gasteiger partial charge in [-0.05, 0) is 50.6 Å². The molecule has 1 aliphatic rings. The predicted molar refractivity (Wildman–Crippen MR) is 86.5 cm³/mol. The van der Waals surface area contributed by atoms with Crippen LogP contribution in [0, 0.1) is 0 Å². The van der Waals surface area contributed by atoms with Gasteiger partial charge in [0.2, 0.25) is 0 Å². The van der Waals surface area contributed by atoms with Crippen LogP contribution in [0.4, 0.5) is 0 Å². The lowest BCUT2D eigenvalue weighted by molar-refractivity contribution is 1.55. The number of hydrogen-bond donors (Lipinski definition) is 0. The molecule has 0 aromatic heterocycles. The van der Waals surface area contributed by atoms with Gasteiger partial charge in [-0.2, -0.15) is 0 Å². The smallest absolute Gasteiger partial charge is 0.0111 e. The molecule has 20 heavy (non-hydrogen) atoms. The van der Waals surface area contributed by atoms with Crippen molar-refractivity contribution < 1.29 is 0 Å². The van der Waals surface area contributed by atoms with Crippen molar-refractivity contribution in [3.05, 3.63) is 88.3 Å². The molecule has 0 unspecified atom stereocenters. The van der Waals surface area contributed by atoms with Crippen LogP contribution < -0.4 is 10.4 Å². The lowest BCUT2D eigenvalue weighted by atomic mass is 10.0. The van der Waals surface area contributed by atoms with Crippen LogP contribution in [-0.2, 0) is 0 Å². The molecule has 0 amide bonds. The van der Waals surface area contributed by atoms with Crippen molar-refractivity contribution >= 4 is 29.0 Å². The van der Waals surface area contributed by atoms with E-state index in [4.69, 9.17) is 0 Å². The highest BCUT2D eigenvalue weighted by atomic mass is 14.1. The van der Waals surface area contributed by atoms with Crippen molar-refractivity contribution in [3.8, 4) is 0 Å². The summed E-state index contributed by atoms with van der Waals surface area (Å²) >= 11 is 0. The number of hydrogen-bond acceptors (Lipinski definition) is 0. The maximum Gasteiger partial charge on any atom is -0.0111 e. The van der Waals surface area contributed by atoms with Gasteiger partial charge in [0.15, 0.2) is 0 Å². The minimum Gasteiger partial charge on any atom is -0.0616 e. The second-order valence-electron chi connectivity index (χ2n) is 5.13. The van der Waals surface area contributed by atoms with Crippen molar-refractivity contribution in [2.24, 2.45) is 0 Å². The molecule has 0 saturated heterocycles. The molecule has 3 aromatic carbocycles. The first kappa shape index (κ1) is 11.2. The molecule has 0 aliphatic heterocycles. The second kappa shape index (κ2) is 4.50. The molecule has 0 saturated carbocycles. The van der Waals surface area contributed by atoms with Crippen LogP contribution in [0.25, 0.3) is 29.0 Å². The molecule has 94 valence electrons. The summed E-state index contributed by atoms with van der Waals surface area (Å²) in [5.41, 5.74) is 2.54. The van der Waals surface area contributed by atoms with Crippen molar-refractivity contribution in [2.75, 3.05) is 0 Å². The molecule has 0 spiro atoms. The van der Waals surface area contributed by atoms with Gasteiger partial charge in [-0.1, -0.05) is 66.7 Å². The molecule has 3 aromatic rings. The van der Waals surface area contributed by atoms with Crippen LogP contribution in [0.3, 0.4) is 0 Å². The van der Waals surface area contributed by atoms with Crippen LogP contribution >= 0.6 is 0 Å². The van der Waals surface area contributed by atoms with Crippen molar-refractivity contribution in [2.45, 2.75) is 0 Å². The predicted octanol–water partition coefficient (Wildman–Crippen LogP) is 3.50. The van der Waals surface area contributed by atoms with Gasteiger partial charge in [0.25, 0.3) is 0 Å². The van der Waals surface area contributed by atoms with E-state index in [9.17, 15) is 0 Å². The van der Waals surface area contributed by atoms with Gasteiger partial charge < -0.3 is 0 Å². The molecule has 0 heterocycles. The summed E-state index contributed by atoms with van der Waals surface area (Å²) in [5.74, 6) is 0. The van der Waals surface area contributed by atoms with Gasteiger partial charge in [0, 0.05) is 0 Å². The maximum atomic E-state index is 2.27. The first-order valence-electron chi connectivity index (χ1n) is 6.88. The zero-order valence-corrected chi connectivity index (χ0v) is 11.1. The topological polar surface area (TPSA) is 0 Å². The van der Waals surface area contributed by atoms with E-state index in [1.807, 2.05) is 0 Å². The van der Waals surface area contributed by atoms with Crippen LogP contribution in [0.1, 0.15) is 5.56 Å². The number of benzene rings is 3. The quantitative estimate of drug-likeness (QED) is 0.623. The van der Waals surface area contributed by atoms with Gasteiger partial charge in [-0.15, -0.1) is 0 Å². The van der Waals surface area contributed by atoms with E-state index in [0.29, 0.717) is 0 Å². The Morgan fingerprint density at radius 2 is 1.25 bits per heavy atom. The molecule has 0 nitrogen and oxygen atoms in total. The highest BCUT2D eigenvalue weighted by Gasteiger charge is 2.01. The average molecular weight is 254 g/mol. The Kier molecular flexibility index (Phi) is 2.53. The largest absolute Gasteiger partial charge is 0.0616 e. The fourth-order valence-electron chi connectivity index (χ4n) is 2.81. The molecule has 0 fully saturated rings. The Morgan fingerprint density at radius 3 is 2.05 bits per heavy atom. The Hall–Kier alpha value is -2.60. The highest BCUT2D eigenvalue weighted by molar-refractivity contribution is 5.94. The van der Waals surface area contributed by atoms with Gasteiger partial charge in [-0.3, -0.25) is 0 Å². The van der Waals surface area contributed by atoms with Gasteiger partial charge in [-0.25, -0.2) is 0 Å². The van der Waals surface area contributed by atoms with Gasteiger partial charge >= 0.3 is 0 Å². The van der Waals surface area contributed by atoms with Crippen LogP contribution in [0.2, 0.25) is 0 Å². The molecular weight excluding hydrogens is 240 g/mol. The summed E-state index contributed by atoms with van der Waals surface area (Å²) in [6.45, 7) is 0. The first-order valence-corrected chi connectivity index (χ1v) is 6.88. The summed E-state index contributed by atoms with van der Waals surface area (Å²) in [7, 11) is 0. The molecule has 0 radical (unpaired) electrons. The molecule has 4 rings (SSSR count). The fourth-order valence-corrected chi connectivity index (χ4v) is 2.81. The van der Waals surface area contributed by atoms with Crippen LogP contribution in [-0.4, -0.2) is 0 Å². The van der Waals surface area contributed by atoms with E-state index in [2.05, 4.69) is 85.0 Å².